The van der Waals surface area contributed by atoms with Crippen molar-refractivity contribution in [3.05, 3.63) is 52.2 Å². The number of carbonyl (C=O) groups excluding carboxylic acids is 2. The molecule has 166 valence electrons. The number of hydrogen-bond donors (Lipinski definition) is 1. The number of hydrogen-bond acceptors (Lipinski definition) is 5. The highest BCUT2D eigenvalue weighted by Gasteiger charge is 2.31. The minimum absolute atomic E-state index is 0.0384. The van der Waals surface area contributed by atoms with Gasteiger partial charge in [0.1, 0.15) is 5.75 Å². The Balaban J connectivity index is 1.41. The maximum Gasteiger partial charge on any atom is 0.263 e. The number of nitrogens with one attached hydrogen (secondary N) is 1. The van der Waals surface area contributed by atoms with Gasteiger partial charge in [0.2, 0.25) is 5.91 Å². The second kappa shape index (κ2) is 10.3. The molecular weight excluding hydrogens is 410 g/mol. The van der Waals surface area contributed by atoms with E-state index in [1.807, 2.05) is 40.6 Å². The number of thiophene rings is 1. The van der Waals surface area contributed by atoms with E-state index >= 15 is 0 Å². The Kier molecular flexibility index (Phi) is 7.25. The number of benzene rings is 1. The summed E-state index contributed by atoms with van der Waals surface area (Å²) in [5.41, 5.74) is 1.12. The molecule has 2 aromatic rings. The van der Waals surface area contributed by atoms with Gasteiger partial charge < -0.3 is 15.0 Å². The quantitative estimate of drug-likeness (QED) is 0.714. The average Bonchev–Trinajstić information content (AvgIpc) is 3.54. The lowest BCUT2D eigenvalue weighted by atomic mass is 9.96. The van der Waals surface area contributed by atoms with Crippen LogP contribution in [0.2, 0.25) is 0 Å². The Morgan fingerprint density at radius 3 is 2.68 bits per heavy atom. The van der Waals surface area contributed by atoms with Crippen molar-refractivity contribution in [3.8, 4) is 5.75 Å². The molecule has 2 amide bonds. The molecule has 0 saturated carbocycles. The summed E-state index contributed by atoms with van der Waals surface area (Å²) in [5, 5.41) is 5.12. The second-order valence-corrected chi connectivity index (χ2v) is 9.26. The van der Waals surface area contributed by atoms with Gasteiger partial charge >= 0.3 is 0 Å². The number of carbonyl (C=O) groups is 2. The van der Waals surface area contributed by atoms with E-state index in [-0.39, 0.29) is 23.8 Å². The van der Waals surface area contributed by atoms with Crippen LogP contribution in [0.15, 0.2) is 41.8 Å². The Morgan fingerprint density at radius 1 is 1.13 bits per heavy atom. The van der Waals surface area contributed by atoms with Crippen LogP contribution < -0.4 is 10.1 Å². The molecule has 0 aliphatic carbocycles. The first-order valence-electron chi connectivity index (χ1n) is 11.1. The van der Waals surface area contributed by atoms with Crippen LogP contribution in [-0.2, 0) is 4.79 Å². The molecule has 2 unspecified atom stereocenters. The van der Waals surface area contributed by atoms with Crippen molar-refractivity contribution in [1.82, 2.24) is 15.1 Å². The Hall–Kier alpha value is -2.38. The normalized spacial score (nSPS) is 20.4. The summed E-state index contributed by atoms with van der Waals surface area (Å²) in [7, 11) is 1.69. The molecule has 6 nitrogen and oxygen atoms in total. The first kappa shape index (κ1) is 21.8. The molecule has 1 aromatic heterocycles. The molecule has 0 radical (unpaired) electrons. The van der Waals surface area contributed by atoms with E-state index in [2.05, 4.69) is 16.3 Å². The van der Waals surface area contributed by atoms with Crippen molar-refractivity contribution in [2.24, 2.45) is 5.92 Å². The number of rotatable bonds is 7. The molecule has 7 heteroatoms. The van der Waals surface area contributed by atoms with E-state index < -0.39 is 0 Å². The largest absolute Gasteiger partial charge is 0.496 e. The molecule has 0 bridgehead atoms. The first-order valence-corrected chi connectivity index (χ1v) is 12.0. The van der Waals surface area contributed by atoms with Gasteiger partial charge in [-0.2, -0.15) is 0 Å². The second-order valence-electron chi connectivity index (χ2n) is 8.31. The van der Waals surface area contributed by atoms with Crippen molar-refractivity contribution < 1.29 is 14.3 Å². The van der Waals surface area contributed by atoms with Gasteiger partial charge in [-0.3, -0.25) is 14.5 Å². The molecule has 2 saturated heterocycles. The van der Waals surface area contributed by atoms with E-state index in [0.717, 1.165) is 48.7 Å². The van der Waals surface area contributed by atoms with Gasteiger partial charge in [0.15, 0.2) is 0 Å². The fourth-order valence-electron chi connectivity index (χ4n) is 4.70. The van der Waals surface area contributed by atoms with Crippen LogP contribution in [0.1, 0.15) is 47.0 Å². The van der Waals surface area contributed by atoms with Crippen LogP contribution >= 0.6 is 11.3 Å². The lowest BCUT2D eigenvalue weighted by molar-refractivity contribution is -0.126. The van der Waals surface area contributed by atoms with Crippen molar-refractivity contribution in [2.75, 3.05) is 39.8 Å². The van der Waals surface area contributed by atoms with Crippen LogP contribution in [0, 0.1) is 5.92 Å². The van der Waals surface area contributed by atoms with Crippen LogP contribution in [-0.4, -0.2) is 61.4 Å². The minimum atomic E-state index is -0.158. The van der Waals surface area contributed by atoms with Gasteiger partial charge in [-0.25, -0.2) is 0 Å². The van der Waals surface area contributed by atoms with Crippen molar-refractivity contribution in [3.63, 3.8) is 0 Å². The molecule has 2 atom stereocenters. The molecule has 2 aliphatic rings. The number of amides is 2. The zero-order valence-electron chi connectivity index (χ0n) is 18.1. The monoisotopic (exact) mass is 441 g/mol. The number of para-hydroxylation sites is 1. The summed E-state index contributed by atoms with van der Waals surface area (Å²) < 4.78 is 5.60. The zero-order valence-corrected chi connectivity index (χ0v) is 18.9. The average molecular weight is 442 g/mol. The lowest BCUT2D eigenvalue weighted by Crippen LogP contribution is -2.46. The summed E-state index contributed by atoms with van der Waals surface area (Å²) in [5.74, 6) is 0.785. The number of nitrogens with zero attached hydrogens (tertiary/aromatic N) is 2. The maximum atomic E-state index is 13.1. The minimum Gasteiger partial charge on any atom is -0.496 e. The van der Waals surface area contributed by atoms with Gasteiger partial charge in [-0.05, 0) is 56.3 Å². The van der Waals surface area contributed by atoms with E-state index in [4.69, 9.17) is 4.74 Å². The molecule has 2 aliphatic heterocycles. The SMILES string of the molecule is COc1ccccc1C(CNC(=O)C1CCCN(C(=O)c2cccs2)C1)N1CCCC1. The van der Waals surface area contributed by atoms with E-state index in [1.165, 1.54) is 24.2 Å². The first-order chi connectivity index (χ1) is 15.2. The summed E-state index contributed by atoms with van der Waals surface area (Å²) in [6.45, 7) is 3.83. The highest BCUT2D eigenvalue weighted by atomic mass is 32.1. The van der Waals surface area contributed by atoms with Crippen LogP contribution in [0.25, 0.3) is 0 Å². The summed E-state index contributed by atoms with van der Waals surface area (Å²) in [6.07, 6.45) is 4.05. The predicted molar refractivity (Wildman–Crippen MR) is 122 cm³/mol. The Bertz CT molecular complexity index is 880. The van der Waals surface area contributed by atoms with Gasteiger partial charge in [-0.15, -0.1) is 11.3 Å². The number of likely N-dealkylation sites (tertiary alicyclic amines) is 2. The number of ether oxygens (including phenoxy) is 1. The fraction of sp³-hybridized carbons (Fsp3) is 0.500. The topological polar surface area (TPSA) is 61.9 Å². The molecule has 1 N–H and O–H groups in total. The van der Waals surface area contributed by atoms with Crippen molar-refractivity contribution in [2.45, 2.75) is 31.7 Å². The smallest absolute Gasteiger partial charge is 0.263 e. The van der Waals surface area contributed by atoms with E-state index in [9.17, 15) is 9.59 Å². The molecule has 3 heterocycles. The zero-order chi connectivity index (χ0) is 21.6. The number of methoxy groups -OCH3 is 1. The van der Waals surface area contributed by atoms with Crippen molar-refractivity contribution in [1.29, 1.82) is 0 Å². The molecule has 31 heavy (non-hydrogen) atoms. The molecule has 4 rings (SSSR count). The molecular formula is C24H31N3O3S. The van der Waals surface area contributed by atoms with Crippen molar-refractivity contribution >= 4 is 23.2 Å². The molecule has 1 aromatic carbocycles. The van der Waals surface area contributed by atoms with Gasteiger partial charge in [0, 0.05) is 25.2 Å². The Morgan fingerprint density at radius 2 is 1.94 bits per heavy atom. The maximum absolute atomic E-state index is 13.1. The fourth-order valence-corrected chi connectivity index (χ4v) is 5.39. The number of piperidine rings is 1. The van der Waals surface area contributed by atoms with Crippen LogP contribution in [0.5, 0.6) is 5.75 Å². The third kappa shape index (κ3) is 5.10. The van der Waals surface area contributed by atoms with Crippen LogP contribution in [0.3, 0.4) is 0 Å². The highest BCUT2D eigenvalue weighted by molar-refractivity contribution is 7.12. The van der Waals surface area contributed by atoms with Crippen LogP contribution in [0.4, 0.5) is 0 Å². The molecule has 2 fully saturated rings. The standard InChI is InChI=1S/C24H31N3O3S/c1-30-21-10-3-2-9-19(21)20(26-12-4-5-13-26)16-25-23(28)18-8-6-14-27(17-18)24(29)22-11-7-15-31-22/h2-3,7,9-11,15,18,20H,4-6,8,12-14,16-17H2,1H3,(H,25,28). The highest BCUT2D eigenvalue weighted by Crippen LogP contribution is 2.31. The third-order valence-electron chi connectivity index (χ3n) is 6.36. The van der Waals surface area contributed by atoms with Gasteiger partial charge in [-0.1, -0.05) is 24.3 Å². The third-order valence-corrected chi connectivity index (χ3v) is 7.22. The Labute approximate surface area is 188 Å². The van der Waals surface area contributed by atoms with E-state index in [1.54, 1.807) is 7.11 Å². The molecule has 0 spiro atoms. The summed E-state index contributed by atoms with van der Waals surface area (Å²) in [4.78, 5) is 30.8. The van der Waals surface area contributed by atoms with Gasteiger partial charge in [0.05, 0.1) is 23.9 Å². The summed E-state index contributed by atoms with van der Waals surface area (Å²) >= 11 is 1.45. The lowest BCUT2D eigenvalue weighted by Gasteiger charge is -2.33. The predicted octanol–water partition coefficient (Wildman–Crippen LogP) is 3.56. The summed E-state index contributed by atoms with van der Waals surface area (Å²) in [6, 6.07) is 11.9. The van der Waals surface area contributed by atoms with Gasteiger partial charge in [0.25, 0.3) is 5.91 Å². The van der Waals surface area contributed by atoms with E-state index in [0.29, 0.717) is 13.1 Å².